The summed E-state index contributed by atoms with van der Waals surface area (Å²) in [4.78, 5) is 16.0. The van der Waals surface area contributed by atoms with Crippen LogP contribution in [0.15, 0.2) is 29.0 Å². The lowest BCUT2D eigenvalue weighted by atomic mass is 10.2. The lowest BCUT2D eigenvalue weighted by molar-refractivity contribution is 0.0938. The number of carbonyl (C=O) groups is 1. The Morgan fingerprint density at radius 2 is 2.33 bits per heavy atom. The first-order valence-corrected chi connectivity index (χ1v) is 6.08. The van der Waals surface area contributed by atoms with Crippen LogP contribution < -0.4 is 11.1 Å². The molecule has 1 unspecified atom stereocenters. The van der Waals surface area contributed by atoms with Gasteiger partial charge in [-0.15, -0.1) is 0 Å². The van der Waals surface area contributed by atoms with Crippen LogP contribution in [-0.4, -0.2) is 21.1 Å². The predicted molar refractivity (Wildman–Crippen MR) is 70.8 cm³/mol. The van der Waals surface area contributed by atoms with Crippen molar-refractivity contribution in [2.45, 2.75) is 13.0 Å². The number of halogens is 1. The Kier molecular flexibility index (Phi) is 3.61. The van der Waals surface area contributed by atoms with Gasteiger partial charge in [0.1, 0.15) is 12.2 Å². The summed E-state index contributed by atoms with van der Waals surface area (Å²) < 4.78 is 0.697. The van der Waals surface area contributed by atoms with Crippen LogP contribution in [0.2, 0.25) is 0 Å². The monoisotopic (exact) mass is 309 g/mol. The Morgan fingerprint density at radius 3 is 2.94 bits per heavy atom. The molecule has 1 atom stereocenters. The molecule has 1 aromatic heterocycles. The molecule has 0 bridgehead atoms. The molecule has 0 aliphatic heterocycles. The Balaban J connectivity index is 2.10. The third-order valence-corrected chi connectivity index (χ3v) is 3.14. The molecule has 0 spiro atoms. The standard InChI is InChI=1S/C11H12BrN5O/c1-6(10-14-5-15-17-10)16-11(18)7-2-3-9(13)8(12)4-7/h2-6H,13H2,1H3,(H,16,18)(H,14,15,17). The van der Waals surface area contributed by atoms with E-state index in [1.54, 1.807) is 18.2 Å². The van der Waals surface area contributed by atoms with E-state index in [-0.39, 0.29) is 11.9 Å². The highest BCUT2D eigenvalue weighted by atomic mass is 79.9. The van der Waals surface area contributed by atoms with E-state index < -0.39 is 0 Å². The molecule has 4 N–H and O–H groups in total. The fourth-order valence-corrected chi connectivity index (χ4v) is 1.82. The quantitative estimate of drug-likeness (QED) is 0.751. The highest BCUT2D eigenvalue weighted by Crippen LogP contribution is 2.20. The second kappa shape index (κ2) is 5.18. The van der Waals surface area contributed by atoms with E-state index in [1.165, 1.54) is 6.33 Å². The number of benzene rings is 1. The van der Waals surface area contributed by atoms with E-state index in [4.69, 9.17) is 5.73 Å². The molecule has 2 aromatic rings. The van der Waals surface area contributed by atoms with E-state index in [0.717, 1.165) is 0 Å². The third kappa shape index (κ3) is 2.67. The third-order valence-electron chi connectivity index (χ3n) is 2.45. The SMILES string of the molecule is CC(NC(=O)c1ccc(N)c(Br)c1)c1ncn[nH]1. The summed E-state index contributed by atoms with van der Waals surface area (Å²) in [6.07, 6.45) is 1.40. The van der Waals surface area contributed by atoms with Crippen molar-refractivity contribution in [1.29, 1.82) is 0 Å². The van der Waals surface area contributed by atoms with Gasteiger partial charge in [0.15, 0.2) is 0 Å². The van der Waals surface area contributed by atoms with Crippen molar-refractivity contribution in [3.8, 4) is 0 Å². The second-order valence-electron chi connectivity index (χ2n) is 3.80. The molecular weight excluding hydrogens is 298 g/mol. The summed E-state index contributed by atoms with van der Waals surface area (Å²) in [5.74, 6) is 0.414. The fraction of sp³-hybridized carbons (Fsp3) is 0.182. The number of anilines is 1. The van der Waals surface area contributed by atoms with Gasteiger partial charge in [0.05, 0.1) is 6.04 Å². The largest absolute Gasteiger partial charge is 0.398 e. The molecule has 2 rings (SSSR count). The van der Waals surface area contributed by atoms with Crippen LogP contribution in [0.4, 0.5) is 5.69 Å². The number of amides is 1. The van der Waals surface area contributed by atoms with Gasteiger partial charge in [-0.3, -0.25) is 9.89 Å². The number of H-pyrrole nitrogens is 1. The zero-order valence-electron chi connectivity index (χ0n) is 9.64. The molecule has 0 radical (unpaired) electrons. The first-order chi connectivity index (χ1) is 8.58. The van der Waals surface area contributed by atoms with Crippen LogP contribution in [0.1, 0.15) is 29.1 Å². The normalized spacial score (nSPS) is 12.1. The number of nitrogens with zero attached hydrogens (tertiary/aromatic N) is 2. The van der Waals surface area contributed by atoms with Crippen LogP contribution in [-0.2, 0) is 0 Å². The summed E-state index contributed by atoms with van der Waals surface area (Å²) in [6, 6.07) is 4.79. The predicted octanol–water partition coefficient (Wildman–Crippen LogP) is 1.64. The lowest BCUT2D eigenvalue weighted by Crippen LogP contribution is -2.27. The number of rotatable bonds is 3. The molecule has 6 nitrogen and oxygen atoms in total. The summed E-state index contributed by atoms with van der Waals surface area (Å²) in [5, 5.41) is 9.26. The smallest absolute Gasteiger partial charge is 0.251 e. The maximum atomic E-state index is 12.0. The van der Waals surface area contributed by atoms with Crippen molar-refractivity contribution < 1.29 is 4.79 Å². The van der Waals surface area contributed by atoms with Gasteiger partial charge in [0, 0.05) is 15.7 Å². The van der Waals surface area contributed by atoms with Crippen molar-refractivity contribution in [2.24, 2.45) is 0 Å². The first kappa shape index (κ1) is 12.6. The average molecular weight is 310 g/mol. The van der Waals surface area contributed by atoms with Crippen molar-refractivity contribution in [3.05, 3.63) is 40.4 Å². The topological polar surface area (TPSA) is 96.7 Å². The van der Waals surface area contributed by atoms with Crippen molar-refractivity contribution in [1.82, 2.24) is 20.5 Å². The Hall–Kier alpha value is -1.89. The van der Waals surface area contributed by atoms with Gasteiger partial charge in [0.25, 0.3) is 5.91 Å². The minimum absolute atomic E-state index is 0.195. The summed E-state index contributed by atoms with van der Waals surface area (Å²) in [7, 11) is 0. The number of hydrogen-bond acceptors (Lipinski definition) is 4. The van der Waals surface area contributed by atoms with Gasteiger partial charge in [0.2, 0.25) is 0 Å². The molecule has 0 saturated carbocycles. The molecule has 0 aliphatic carbocycles. The summed E-state index contributed by atoms with van der Waals surface area (Å²) >= 11 is 3.29. The molecule has 1 heterocycles. The second-order valence-corrected chi connectivity index (χ2v) is 4.66. The van der Waals surface area contributed by atoms with Gasteiger partial charge in [-0.1, -0.05) is 0 Å². The molecule has 94 valence electrons. The van der Waals surface area contributed by atoms with E-state index in [1.807, 2.05) is 6.92 Å². The maximum Gasteiger partial charge on any atom is 0.251 e. The molecular formula is C11H12BrN5O. The number of nitrogen functional groups attached to an aromatic ring is 1. The fourth-order valence-electron chi connectivity index (χ4n) is 1.44. The molecule has 7 heteroatoms. The molecule has 1 amide bonds. The number of aromatic nitrogens is 3. The van der Waals surface area contributed by atoms with Crippen LogP contribution in [0, 0.1) is 0 Å². The zero-order valence-corrected chi connectivity index (χ0v) is 11.2. The minimum atomic E-state index is -0.240. The number of carbonyl (C=O) groups excluding carboxylic acids is 1. The number of aromatic amines is 1. The zero-order chi connectivity index (χ0) is 13.1. The highest BCUT2D eigenvalue weighted by Gasteiger charge is 2.13. The van der Waals surface area contributed by atoms with Crippen molar-refractivity contribution in [3.63, 3.8) is 0 Å². The number of nitrogens with two attached hydrogens (primary N) is 1. The van der Waals surface area contributed by atoms with Crippen molar-refractivity contribution >= 4 is 27.5 Å². The van der Waals surface area contributed by atoms with E-state index >= 15 is 0 Å². The average Bonchev–Trinajstić information content (AvgIpc) is 2.86. The first-order valence-electron chi connectivity index (χ1n) is 5.29. The molecule has 0 fully saturated rings. The molecule has 0 aliphatic rings. The molecule has 1 aromatic carbocycles. The van der Waals surface area contributed by atoms with E-state index in [9.17, 15) is 4.79 Å². The number of nitrogens with one attached hydrogen (secondary N) is 2. The van der Waals surface area contributed by atoms with E-state index in [0.29, 0.717) is 21.5 Å². The van der Waals surface area contributed by atoms with Gasteiger partial charge in [-0.25, -0.2) is 4.98 Å². The highest BCUT2D eigenvalue weighted by molar-refractivity contribution is 9.10. The van der Waals surface area contributed by atoms with Crippen LogP contribution in [0.25, 0.3) is 0 Å². The molecule has 18 heavy (non-hydrogen) atoms. The maximum absolute atomic E-state index is 12.0. The Bertz CT molecular complexity index is 555. The Labute approximate surface area is 112 Å². The van der Waals surface area contributed by atoms with Crippen LogP contribution in [0.5, 0.6) is 0 Å². The van der Waals surface area contributed by atoms with Crippen molar-refractivity contribution in [2.75, 3.05) is 5.73 Å². The van der Waals surface area contributed by atoms with Gasteiger partial charge in [-0.05, 0) is 41.1 Å². The van der Waals surface area contributed by atoms with Gasteiger partial charge >= 0.3 is 0 Å². The lowest BCUT2D eigenvalue weighted by Gasteiger charge is -2.11. The molecule has 0 saturated heterocycles. The number of hydrogen-bond donors (Lipinski definition) is 3. The summed E-state index contributed by atoms with van der Waals surface area (Å²) in [5.41, 5.74) is 6.79. The van der Waals surface area contributed by atoms with Gasteiger partial charge in [-0.2, -0.15) is 5.10 Å². The Morgan fingerprint density at radius 1 is 1.56 bits per heavy atom. The van der Waals surface area contributed by atoms with Crippen LogP contribution in [0.3, 0.4) is 0 Å². The summed E-state index contributed by atoms with van der Waals surface area (Å²) in [6.45, 7) is 1.82. The minimum Gasteiger partial charge on any atom is -0.398 e. The van der Waals surface area contributed by atoms with E-state index in [2.05, 4.69) is 36.4 Å². The van der Waals surface area contributed by atoms with Crippen LogP contribution >= 0.6 is 15.9 Å². The van der Waals surface area contributed by atoms with Gasteiger partial charge < -0.3 is 11.1 Å².